The van der Waals surface area contributed by atoms with E-state index in [1.54, 1.807) is 42.5 Å². The molecule has 0 radical (unpaired) electrons. The number of amides is 2. The zero-order valence-corrected chi connectivity index (χ0v) is 14.2. The van der Waals surface area contributed by atoms with Crippen molar-refractivity contribution in [1.82, 2.24) is 10.9 Å². The molecule has 2 aromatic carbocycles. The van der Waals surface area contributed by atoms with Crippen LogP contribution in [0.3, 0.4) is 0 Å². The van der Waals surface area contributed by atoms with E-state index in [0.29, 0.717) is 35.8 Å². The van der Waals surface area contributed by atoms with Gasteiger partial charge < -0.3 is 9.47 Å². The van der Waals surface area contributed by atoms with Gasteiger partial charge in [-0.2, -0.15) is 5.10 Å². The number of hydroxylamine groups is 1. The van der Waals surface area contributed by atoms with Gasteiger partial charge in [0, 0.05) is 11.6 Å². The van der Waals surface area contributed by atoms with Crippen LogP contribution in [0.1, 0.15) is 21.5 Å². The van der Waals surface area contributed by atoms with Crippen molar-refractivity contribution in [2.24, 2.45) is 5.10 Å². The Bertz CT molecular complexity index is 908. The van der Waals surface area contributed by atoms with Gasteiger partial charge in [0.25, 0.3) is 11.8 Å². The first-order valence-corrected chi connectivity index (χ1v) is 8.11. The van der Waals surface area contributed by atoms with Gasteiger partial charge in [0.1, 0.15) is 13.2 Å². The second kappa shape index (κ2) is 8.63. The maximum absolute atomic E-state index is 12.2. The third-order valence-electron chi connectivity index (χ3n) is 3.63. The van der Waals surface area contributed by atoms with Crippen LogP contribution in [-0.4, -0.2) is 36.4 Å². The van der Waals surface area contributed by atoms with Crippen LogP contribution in [0, 0.1) is 0 Å². The van der Waals surface area contributed by atoms with Gasteiger partial charge in [-0.25, -0.2) is 10.9 Å². The first-order valence-electron chi connectivity index (χ1n) is 8.11. The van der Waals surface area contributed by atoms with Crippen LogP contribution in [0.15, 0.2) is 53.6 Å². The molecular weight excluding hydrogens is 350 g/mol. The molecule has 138 valence electrons. The van der Waals surface area contributed by atoms with E-state index in [2.05, 4.69) is 10.5 Å². The molecule has 2 aromatic rings. The van der Waals surface area contributed by atoms with E-state index in [1.165, 1.54) is 17.8 Å². The summed E-state index contributed by atoms with van der Waals surface area (Å²) in [6.45, 7) is 1.02. The lowest BCUT2D eigenvalue weighted by atomic mass is 10.1. The fourth-order valence-corrected chi connectivity index (χ4v) is 2.36. The van der Waals surface area contributed by atoms with Gasteiger partial charge in [-0.3, -0.25) is 14.8 Å². The Labute approximate surface area is 155 Å². The normalized spacial score (nSPS) is 12.9. The number of carbonyl (C=O) groups is 2. The molecule has 0 atom stereocenters. The third kappa shape index (κ3) is 4.93. The van der Waals surface area contributed by atoms with Crippen LogP contribution in [0.4, 0.5) is 0 Å². The second-order valence-electron chi connectivity index (χ2n) is 5.54. The molecule has 0 saturated carbocycles. The molecule has 0 spiro atoms. The molecule has 1 heterocycles. The highest BCUT2D eigenvalue weighted by Crippen LogP contribution is 2.30. The van der Waals surface area contributed by atoms with Gasteiger partial charge in [-0.1, -0.05) is 12.1 Å². The lowest BCUT2D eigenvalue weighted by Crippen LogP contribution is -2.18. The van der Waals surface area contributed by atoms with Crippen LogP contribution in [0.25, 0.3) is 6.08 Å². The molecule has 1 aliphatic rings. The minimum absolute atomic E-state index is 0.376. The molecule has 27 heavy (non-hydrogen) atoms. The molecule has 8 nitrogen and oxygen atoms in total. The summed E-state index contributed by atoms with van der Waals surface area (Å²) in [6, 6.07) is 12.0. The zero-order valence-electron chi connectivity index (χ0n) is 14.2. The Morgan fingerprint density at radius 3 is 2.67 bits per heavy atom. The summed E-state index contributed by atoms with van der Waals surface area (Å²) in [5, 5.41) is 12.4. The topological polar surface area (TPSA) is 109 Å². The van der Waals surface area contributed by atoms with Gasteiger partial charge in [0.2, 0.25) is 0 Å². The van der Waals surface area contributed by atoms with Crippen molar-refractivity contribution < 1.29 is 24.3 Å². The lowest BCUT2D eigenvalue weighted by molar-refractivity contribution is -0.124. The van der Waals surface area contributed by atoms with E-state index in [0.717, 1.165) is 11.6 Å². The highest BCUT2D eigenvalue weighted by Gasteiger charge is 2.11. The van der Waals surface area contributed by atoms with Crippen molar-refractivity contribution in [2.45, 2.75) is 0 Å². The average molecular weight is 367 g/mol. The SMILES string of the molecule is O=C(/C=C/c1cccc(C(=O)N/N=C/c2ccc3c(c2)OCCO3)c1)NO. The summed E-state index contributed by atoms with van der Waals surface area (Å²) in [4.78, 5) is 23.2. The highest BCUT2D eigenvalue weighted by atomic mass is 16.6. The van der Waals surface area contributed by atoms with Gasteiger partial charge in [0.05, 0.1) is 6.21 Å². The predicted octanol–water partition coefficient (Wildman–Crippen LogP) is 1.74. The summed E-state index contributed by atoms with van der Waals surface area (Å²) in [5.41, 5.74) is 5.70. The summed E-state index contributed by atoms with van der Waals surface area (Å²) in [6.07, 6.45) is 4.13. The molecule has 0 saturated heterocycles. The molecule has 0 bridgehead atoms. The minimum Gasteiger partial charge on any atom is -0.486 e. The summed E-state index contributed by atoms with van der Waals surface area (Å²) < 4.78 is 10.9. The second-order valence-corrected chi connectivity index (χ2v) is 5.54. The minimum atomic E-state index is -0.658. The van der Waals surface area contributed by atoms with Crippen LogP contribution in [0.5, 0.6) is 11.5 Å². The molecule has 2 amide bonds. The monoisotopic (exact) mass is 367 g/mol. The summed E-state index contributed by atoms with van der Waals surface area (Å²) in [5.74, 6) is 0.268. The Morgan fingerprint density at radius 1 is 1.04 bits per heavy atom. The molecule has 0 fully saturated rings. The number of nitrogens with zero attached hydrogens (tertiary/aromatic N) is 1. The van der Waals surface area contributed by atoms with Crippen molar-refractivity contribution in [3.05, 3.63) is 65.2 Å². The predicted molar refractivity (Wildman–Crippen MR) is 97.9 cm³/mol. The van der Waals surface area contributed by atoms with Crippen molar-refractivity contribution >= 4 is 24.1 Å². The first kappa shape index (κ1) is 18.2. The molecule has 0 aliphatic carbocycles. The van der Waals surface area contributed by atoms with E-state index in [4.69, 9.17) is 14.7 Å². The lowest BCUT2D eigenvalue weighted by Gasteiger charge is -2.18. The molecule has 3 rings (SSSR count). The Hall–Kier alpha value is -3.65. The van der Waals surface area contributed by atoms with E-state index in [-0.39, 0.29) is 0 Å². The molecule has 8 heteroatoms. The standard InChI is InChI=1S/C19H17N3O5/c23-18(22-25)7-5-13-2-1-3-15(10-13)19(24)21-20-12-14-4-6-16-17(11-14)27-9-8-26-16/h1-7,10-12,25H,8-9H2,(H,21,24)(H,22,23)/b7-5+,20-12+. The van der Waals surface area contributed by atoms with E-state index in [1.807, 2.05) is 0 Å². The Balaban J connectivity index is 1.63. The van der Waals surface area contributed by atoms with Crippen LogP contribution >= 0.6 is 0 Å². The summed E-state index contributed by atoms with van der Waals surface area (Å²) >= 11 is 0. The number of hydrogen-bond donors (Lipinski definition) is 3. The van der Waals surface area contributed by atoms with Gasteiger partial charge >= 0.3 is 0 Å². The van der Waals surface area contributed by atoms with Crippen LogP contribution < -0.4 is 20.4 Å². The number of nitrogens with one attached hydrogen (secondary N) is 2. The Morgan fingerprint density at radius 2 is 1.85 bits per heavy atom. The summed E-state index contributed by atoms with van der Waals surface area (Å²) in [7, 11) is 0. The smallest absolute Gasteiger partial charge is 0.271 e. The zero-order chi connectivity index (χ0) is 19.1. The van der Waals surface area contributed by atoms with Gasteiger partial charge in [-0.15, -0.1) is 0 Å². The number of hydrogen-bond acceptors (Lipinski definition) is 6. The quantitative estimate of drug-likeness (QED) is 0.323. The first-order chi connectivity index (χ1) is 13.2. The van der Waals surface area contributed by atoms with Crippen molar-refractivity contribution in [3.63, 3.8) is 0 Å². The highest BCUT2D eigenvalue weighted by molar-refractivity contribution is 5.96. The molecule has 1 aliphatic heterocycles. The van der Waals surface area contributed by atoms with Crippen molar-refractivity contribution in [3.8, 4) is 11.5 Å². The fourth-order valence-electron chi connectivity index (χ4n) is 2.36. The van der Waals surface area contributed by atoms with E-state index < -0.39 is 11.8 Å². The maximum atomic E-state index is 12.2. The third-order valence-corrected chi connectivity index (χ3v) is 3.63. The number of rotatable bonds is 5. The van der Waals surface area contributed by atoms with E-state index >= 15 is 0 Å². The van der Waals surface area contributed by atoms with Crippen LogP contribution in [0.2, 0.25) is 0 Å². The van der Waals surface area contributed by atoms with Crippen molar-refractivity contribution in [2.75, 3.05) is 13.2 Å². The molecule has 0 aromatic heterocycles. The van der Waals surface area contributed by atoms with Crippen molar-refractivity contribution in [1.29, 1.82) is 0 Å². The van der Waals surface area contributed by atoms with E-state index in [9.17, 15) is 9.59 Å². The number of benzene rings is 2. The number of fused-ring (bicyclic) bond motifs is 1. The van der Waals surface area contributed by atoms with Gasteiger partial charge in [0.15, 0.2) is 11.5 Å². The average Bonchev–Trinajstić information content (AvgIpc) is 2.72. The Kier molecular flexibility index (Phi) is 5.80. The molecular formula is C19H17N3O5. The number of carbonyl (C=O) groups excluding carboxylic acids is 2. The van der Waals surface area contributed by atoms with Gasteiger partial charge in [-0.05, 0) is 47.5 Å². The molecule has 3 N–H and O–H groups in total. The van der Waals surface area contributed by atoms with Crippen LogP contribution in [-0.2, 0) is 4.79 Å². The largest absolute Gasteiger partial charge is 0.486 e. The fraction of sp³-hybridized carbons (Fsp3) is 0.105. The number of hydrazone groups is 1. The maximum Gasteiger partial charge on any atom is 0.271 e. The molecule has 0 unspecified atom stereocenters. The number of ether oxygens (including phenoxy) is 2.